The van der Waals surface area contributed by atoms with Crippen molar-refractivity contribution in [3.63, 3.8) is 0 Å². The molecule has 2 aromatic carbocycles. The average molecular weight is 278 g/mol. The highest BCUT2D eigenvalue weighted by Gasteiger charge is 2.10. The van der Waals surface area contributed by atoms with Gasteiger partial charge in [-0.25, -0.2) is 0 Å². The molecule has 2 rings (SSSR count). The first-order valence-electron chi connectivity index (χ1n) is 5.19. The molecule has 16 heavy (non-hydrogen) atoms. The van der Waals surface area contributed by atoms with Gasteiger partial charge in [-0.3, -0.25) is 4.79 Å². The molecule has 0 saturated carbocycles. The molecule has 0 fully saturated rings. The zero-order chi connectivity index (χ0) is 11.5. The number of benzene rings is 2. The number of halogens is 1. The van der Waals surface area contributed by atoms with Crippen LogP contribution in [0.25, 0.3) is 10.8 Å². The van der Waals surface area contributed by atoms with Crippen molar-refractivity contribution in [3.8, 4) is 0 Å². The molecule has 0 aliphatic carbocycles. The fraction of sp³-hybridized carbons (Fsp3) is 0.154. The number of hydrogen-bond donors (Lipinski definition) is 1. The molecular weight excluding hydrogens is 266 g/mol. The van der Waals surface area contributed by atoms with Crippen LogP contribution in [0.5, 0.6) is 0 Å². The van der Waals surface area contributed by atoms with Gasteiger partial charge in [0.1, 0.15) is 0 Å². The van der Waals surface area contributed by atoms with Gasteiger partial charge in [0.2, 0.25) is 0 Å². The lowest BCUT2D eigenvalue weighted by molar-refractivity contribution is 0.0957. The minimum Gasteiger partial charge on any atom is -0.352 e. The minimum absolute atomic E-state index is 0.0278. The topological polar surface area (TPSA) is 29.1 Å². The fourth-order valence-electron chi connectivity index (χ4n) is 1.74. The van der Waals surface area contributed by atoms with E-state index in [1.54, 1.807) is 0 Å². The summed E-state index contributed by atoms with van der Waals surface area (Å²) in [5.41, 5.74) is 0.715. The van der Waals surface area contributed by atoms with E-state index in [9.17, 15) is 4.79 Å². The SMILES string of the molecule is CCNC(=O)c1cccc2cccc(Br)c12. The molecule has 1 amide bonds. The second kappa shape index (κ2) is 4.66. The van der Waals surface area contributed by atoms with Crippen LogP contribution in [0.2, 0.25) is 0 Å². The predicted molar refractivity (Wildman–Crippen MR) is 69.7 cm³/mol. The maximum Gasteiger partial charge on any atom is 0.251 e. The Morgan fingerprint density at radius 3 is 2.62 bits per heavy atom. The lowest BCUT2D eigenvalue weighted by atomic mass is 10.0. The van der Waals surface area contributed by atoms with Gasteiger partial charge in [0, 0.05) is 22.0 Å². The van der Waals surface area contributed by atoms with Crippen molar-refractivity contribution >= 4 is 32.6 Å². The molecule has 0 spiro atoms. The number of hydrogen-bond acceptors (Lipinski definition) is 1. The van der Waals surface area contributed by atoms with Crippen molar-refractivity contribution in [1.29, 1.82) is 0 Å². The molecule has 3 heteroatoms. The number of amides is 1. The van der Waals surface area contributed by atoms with Gasteiger partial charge in [0.15, 0.2) is 0 Å². The van der Waals surface area contributed by atoms with E-state index in [0.29, 0.717) is 12.1 Å². The van der Waals surface area contributed by atoms with E-state index < -0.39 is 0 Å². The molecule has 0 atom stereocenters. The Balaban J connectivity index is 2.65. The third kappa shape index (κ3) is 1.95. The quantitative estimate of drug-likeness (QED) is 0.896. The standard InChI is InChI=1S/C13H12BrNO/c1-2-15-13(16)10-7-3-5-9-6-4-8-11(14)12(9)10/h3-8H,2H2,1H3,(H,15,16). The lowest BCUT2D eigenvalue weighted by Gasteiger charge is -2.07. The molecule has 2 nitrogen and oxygen atoms in total. The molecule has 0 saturated heterocycles. The number of fused-ring (bicyclic) bond motifs is 1. The van der Waals surface area contributed by atoms with Crippen molar-refractivity contribution in [2.75, 3.05) is 6.54 Å². The molecule has 0 bridgehead atoms. The summed E-state index contributed by atoms with van der Waals surface area (Å²) >= 11 is 3.49. The van der Waals surface area contributed by atoms with E-state index >= 15 is 0 Å². The van der Waals surface area contributed by atoms with Crippen molar-refractivity contribution in [2.45, 2.75) is 6.92 Å². The minimum atomic E-state index is -0.0278. The Morgan fingerprint density at radius 1 is 1.25 bits per heavy atom. The summed E-state index contributed by atoms with van der Waals surface area (Å²) in [6, 6.07) is 11.7. The third-order valence-corrected chi connectivity index (χ3v) is 3.10. The van der Waals surface area contributed by atoms with Crippen LogP contribution in [-0.4, -0.2) is 12.5 Å². The molecule has 82 valence electrons. The van der Waals surface area contributed by atoms with Crippen LogP contribution in [0, 0.1) is 0 Å². The van der Waals surface area contributed by atoms with Gasteiger partial charge in [-0.15, -0.1) is 0 Å². The lowest BCUT2D eigenvalue weighted by Crippen LogP contribution is -2.22. The first-order valence-corrected chi connectivity index (χ1v) is 5.98. The van der Waals surface area contributed by atoms with Gasteiger partial charge in [0.05, 0.1) is 0 Å². The first kappa shape index (κ1) is 11.1. The normalized spacial score (nSPS) is 10.4. The van der Waals surface area contributed by atoms with Gasteiger partial charge in [-0.2, -0.15) is 0 Å². The van der Waals surface area contributed by atoms with E-state index in [4.69, 9.17) is 0 Å². The second-order valence-electron chi connectivity index (χ2n) is 3.50. The number of nitrogens with one attached hydrogen (secondary N) is 1. The van der Waals surface area contributed by atoms with E-state index in [2.05, 4.69) is 21.2 Å². The second-order valence-corrected chi connectivity index (χ2v) is 4.36. The summed E-state index contributed by atoms with van der Waals surface area (Å²) in [6.45, 7) is 2.55. The van der Waals surface area contributed by atoms with E-state index in [1.165, 1.54) is 0 Å². The number of rotatable bonds is 2. The Morgan fingerprint density at radius 2 is 1.94 bits per heavy atom. The smallest absolute Gasteiger partial charge is 0.251 e. The van der Waals surface area contributed by atoms with Crippen molar-refractivity contribution in [2.24, 2.45) is 0 Å². The van der Waals surface area contributed by atoms with Gasteiger partial charge in [-0.05, 0) is 24.4 Å². The van der Waals surface area contributed by atoms with Crippen LogP contribution in [0.4, 0.5) is 0 Å². The Bertz CT molecular complexity index is 531. The molecule has 2 aromatic rings. The van der Waals surface area contributed by atoms with Crippen molar-refractivity contribution in [3.05, 3.63) is 46.4 Å². The molecule has 0 aromatic heterocycles. The number of carbonyl (C=O) groups excluding carboxylic acids is 1. The molecule has 0 aliphatic rings. The summed E-state index contributed by atoms with van der Waals surface area (Å²) in [5, 5.41) is 4.86. The van der Waals surface area contributed by atoms with Crippen molar-refractivity contribution in [1.82, 2.24) is 5.32 Å². The van der Waals surface area contributed by atoms with E-state index in [0.717, 1.165) is 15.2 Å². The zero-order valence-corrected chi connectivity index (χ0v) is 10.5. The summed E-state index contributed by atoms with van der Waals surface area (Å²) in [7, 11) is 0. The largest absolute Gasteiger partial charge is 0.352 e. The molecule has 0 unspecified atom stereocenters. The maximum absolute atomic E-state index is 11.9. The van der Waals surface area contributed by atoms with Crippen LogP contribution >= 0.6 is 15.9 Å². The van der Waals surface area contributed by atoms with Gasteiger partial charge >= 0.3 is 0 Å². The van der Waals surface area contributed by atoms with Crippen LogP contribution in [0.3, 0.4) is 0 Å². The molecule has 0 heterocycles. The summed E-state index contributed by atoms with van der Waals surface area (Å²) in [5.74, 6) is -0.0278. The highest BCUT2D eigenvalue weighted by molar-refractivity contribution is 9.10. The number of carbonyl (C=O) groups is 1. The maximum atomic E-state index is 11.9. The van der Waals surface area contributed by atoms with Crippen LogP contribution in [0.15, 0.2) is 40.9 Å². The fourth-order valence-corrected chi connectivity index (χ4v) is 2.34. The van der Waals surface area contributed by atoms with Gasteiger partial charge in [0.25, 0.3) is 5.91 Å². The highest BCUT2D eigenvalue weighted by atomic mass is 79.9. The summed E-state index contributed by atoms with van der Waals surface area (Å²) in [6.07, 6.45) is 0. The Kier molecular flexibility index (Phi) is 3.25. The van der Waals surface area contributed by atoms with Crippen LogP contribution < -0.4 is 5.32 Å². The third-order valence-electron chi connectivity index (χ3n) is 2.44. The van der Waals surface area contributed by atoms with E-state index in [-0.39, 0.29) is 5.91 Å². The van der Waals surface area contributed by atoms with Crippen LogP contribution in [-0.2, 0) is 0 Å². The summed E-state index contributed by atoms with van der Waals surface area (Å²) in [4.78, 5) is 11.9. The molecule has 1 N–H and O–H groups in total. The van der Waals surface area contributed by atoms with Crippen molar-refractivity contribution < 1.29 is 4.79 Å². The zero-order valence-electron chi connectivity index (χ0n) is 8.96. The Hall–Kier alpha value is -1.35. The van der Waals surface area contributed by atoms with E-state index in [1.807, 2.05) is 43.3 Å². The molecule has 0 aliphatic heterocycles. The summed E-state index contributed by atoms with van der Waals surface area (Å²) < 4.78 is 0.951. The Labute approximate surface area is 103 Å². The molecular formula is C13H12BrNO. The van der Waals surface area contributed by atoms with Crippen LogP contribution in [0.1, 0.15) is 17.3 Å². The monoisotopic (exact) mass is 277 g/mol. The average Bonchev–Trinajstić information content (AvgIpc) is 2.29. The van der Waals surface area contributed by atoms with Gasteiger partial charge in [-0.1, -0.05) is 40.2 Å². The van der Waals surface area contributed by atoms with Gasteiger partial charge < -0.3 is 5.32 Å². The highest BCUT2D eigenvalue weighted by Crippen LogP contribution is 2.27. The molecule has 0 radical (unpaired) electrons. The predicted octanol–water partition coefficient (Wildman–Crippen LogP) is 3.35. The first-order chi connectivity index (χ1) is 7.74.